The predicted molar refractivity (Wildman–Crippen MR) is 102 cm³/mol. The van der Waals surface area contributed by atoms with E-state index in [1.54, 1.807) is 6.08 Å². The SMILES string of the molecule is C=C(O)/C(=C\C(C=NN=Cc1cc(C=O)c(O)c(C=O)c1)=C/COC)OC. The van der Waals surface area contributed by atoms with E-state index in [0.717, 1.165) is 0 Å². The van der Waals surface area contributed by atoms with Crippen LogP contribution in [0.5, 0.6) is 5.75 Å². The van der Waals surface area contributed by atoms with Crippen LogP contribution in [-0.4, -0.2) is 56.0 Å². The zero-order chi connectivity index (χ0) is 20.2. The summed E-state index contributed by atoms with van der Waals surface area (Å²) in [6, 6.07) is 2.74. The molecule has 1 aromatic carbocycles. The number of hydrogen-bond donors (Lipinski definition) is 2. The van der Waals surface area contributed by atoms with Crippen molar-refractivity contribution in [2.24, 2.45) is 10.2 Å². The second kappa shape index (κ2) is 11.2. The Morgan fingerprint density at radius 3 is 2.30 bits per heavy atom. The summed E-state index contributed by atoms with van der Waals surface area (Å²) in [7, 11) is 2.91. The molecule has 0 aliphatic heterocycles. The Labute approximate surface area is 156 Å². The number of phenols is 1. The van der Waals surface area contributed by atoms with E-state index in [1.807, 2.05) is 0 Å². The number of phenolic OH excluding ortho intramolecular Hbond substituents is 1. The van der Waals surface area contributed by atoms with Crippen LogP contribution in [0.15, 0.2) is 58.2 Å². The number of aliphatic hydroxyl groups is 1. The molecule has 0 fully saturated rings. The first-order valence-corrected chi connectivity index (χ1v) is 7.63. The molecule has 0 heterocycles. The van der Waals surface area contributed by atoms with Gasteiger partial charge in [-0.2, -0.15) is 10.2 Å². The highest BCUT2D eigenvalue weighted by Gasteiger charge is 2.08. The van der Waals surface area contributed by atoms with Gasteiger partial charge < -0.3 is 19.7 Å². The van der Waals surface area contributed by atoms with Gasteiger partial charge in [0.15, 0.2) is 18.3 Å². The molecule has 0 atom stereocenters. The number of benzene rings is 1. The smallest absolute Gasteiger partial charge is 0.160 e. The van der Waals surface area contributed by atoms with Crippen molar-refractivity contribution in [2.45, 2.75) is 0 Å². The fourth-order valence-electron chi connectivity index (χ4n) is 1.90. The summed E-state index contributed by atoms with van der Waals surface area (Å²) in [5, 5.41) is 26.8. The molecule has 0 radical (unpaired) electrons. The molecule has 0 aliphatic carbocycles. The second-order valence-corrected chi connectivity index (χ2v) is 5.09. The van der Waals surface area contributed by atoms with E-state index in [-0.39, 0.29) is 28.4 Å². The number of hydrogen-bond acceptors (Lipinski definition) is 8. The molecule has 142 valence electrons. The van der Waals surface area contributed by atoms with E-state index in [0.29, 0.717) is 30.3 Å². The van der Waals surface area contributed by atoms with E-state index in [1.165, 1.54) is 44.9 Å². The lowest BCUT2D eigenvalue weighted by atomic mass is 10.1. The third-order valence-electron chi connectivity index (χ3n) is 3.21. The van der Waals surface area contributed by atoms with Gasteiger partial charge in [0, 0.05) is 7.11 Å². The van der Waals surface area contributed by atoms with Crippen LogP contribution < -0.4 is 0 Å². The first kappa shape index (κ1) is 21.5. The zero-order valence-electron chi connectivity index (χ0n) is 15.0. The quantitative estimate of drug-likeness (QED) is 0.214. The Bertz CT molecular complexity index is 792. The van der Waals surface area contributed by atoms with Gasteiger partial charge in [0.2, 0.25) is 0 Å². The summed E-state index contributed by atoms with van der Waals surface area (Å²) in [4.78, 5) is 21.9. The normalized spacial score (nSPS) is 12.5. The summed E-state index contributed by atoms with van der Waals surface area (Å²) in [6.45, 7) is 3.68. The molecule has 0 saturated heterocycles. The minimum atomic E-state index is -0.382. The molecule has 0 aliphatic rings. The van der Waals surface area contributed by atoms with Crippen molar-refractivity contribution >= 4 is 25.0 Å². The van der Waals surface area contributed by atoms with Crippen molar-refractivity contribution in [1.82, 2.24) is 0 Å². The molecule has 27 heavy (non-hydrogen) atoms. The van der Waals surface area contributed by atoms with Gasteiger partial charge >= 0.3 is 0 Å². The molecule has 0 spiro atoms. The summed E-state index contributed by atoms with van der Waals surface area (Å²) in [5.74, 6) is -0.478. The highest BCUT2D eigenvalue weighted by atomic mass is 16.5. The lowest BCUT2D eigenvalue weighted by molar-refractivity contribution is 0.112. The summed E-state index contributed by atoms with van der Waals surface area (Å²) in [6.07, 6.45) is 6.75. The molecule has 0 amide bonds. The maximum absolute atomic E-state index is 10.9. The van der Waals surface area contributed by atoms with Crippen LogP contribution in [0.4, 0.5) is 0 Å². The van der Waals surface area contributed by atoms with E-state index < -0.39 is 0 Å². The Morgan fingerprint density at radius 2 is 1.81 bits per heavy atom. The number of methoxy groups -OCH3 is 2. The lowest BCUT2D eigenvalue weighted by Gasteiger charge is -2.04. The molecule has 1 aromatic rings. The molecule has 8 nitrogen and oxygen atoms in total. The molecule has 0 unspecified atom stereocenters. The van der Waals surface area contributed by atoms with Crippen molar-refractivity contribution in [3.63, 3.8) is 0 Å². The average molecular weight is 372 g/mol. The standard InChI is InChI=1S/C19H20N2O6/c1-13(24)18(27-3)8-14(4-5-26-2)9-20-21-10-15-6-16(11-22)19(25)17(7-15)12-23/h4,6-12,24-25H,1,5H2,2-3H3/b14-4+,18-8+,20-9?,21-10?. The topological polar surface area (TPSA) is 118 Å². The first-order chi connectivity index (χ1) is 13.0. The van der Waals surface area contributed by atoms with Gasteiger partial charge in [-0.25, -0.2) is 0 Å². The molecule has 2 N–H and O–H groups in total. The number of aromatic hydroxyl groups is 1. The minimum absolute atomic E-state index is 0.0279. The van der Waals surface area contributed by atoms with Crippen LogP contribution in [0.1, 0.15) is 26.3 Å². The fourth-order valence-corrected chi connectivity index (χ4v) is 1.90. The van der Waals surface area contributed by atoms with Crippen LogP contribution in [0.3, 0.4) is 0 Å². The van der Waals surface area contributed by atoms with E-state index in [4.69, 9.17) is 9.47 Å². The Hall–Kier alpha value is -3.52. The monoisotopic (exact) mass is 372 g/mol. The van der Waals surface area contributed by atoms with Crippen LogP contribution in [0.2, 0.25) is 0 Å². The number of allylic oxidation sites excluding steroid dienone is 2. The van der Waals surface area contributed by atoms with Gasteiger partial charge in [0.05, 0.1) is 37.3 Å². The average Bonchev–Trinajstić information content (AvgIpc) is 2.67. The third kappa shape index (κ3) is 6.71. The van der Waals surface area contributed by atoms with Crippen LogP contribution >= 0.6 is 0 Å². The van der Waals surface area contributed by atoms with Crippen molar-refractivity contribution in [2.75, 3.05) is 20.8 Å². The fraction of sp³-hybridized carbons (Fsp3) is 0.158. The molecule has 0 aromatic heterocycles. The second-order valence-electron chi connectivity index (χ2n) is 5.09. The van der Waals surface area contributed by atoms with E-state index in [9.17, 15) is 19.8 Å². The third-order valence-corrected chi connectivity index (χ3v) is 3.21. The Kier molecular flexibility index (Phi) is 8.90. The number of carbonyl (C=O) groups is 2. The number of nitrogens with zero attached hydrogens (tertiary/aromatic N) is 2. The van der Waals surface area contributed by atoms with Crippen molar-refractivity contribution in [3.8, 4) is 5.75 Å². The van der Waals surface area contributed by atoms with Gasteiger partial charge in [0.25, 0.3) is 0 Å². The lowest BCUT2D eigenvalue weighted by Crippen LogP contribution is -1.94. The minimum Gasteiger partial charge on any atom is -0.506 e. The summed E-state index contributed by atoms with van der Waals surface area (Å²) < 4.78 is 9.96. The number of carbonyl (C=O) groups excluding carboxylic acids is 2. The summed E-state index contributed by atoms with van der Waals surface area (Å²) in [5.41, 5.74) is 0.891. The first-order valence-electron chi connectivity index (χ1n) is 7.63. The maximum Gasteiger partial charge on any atom is 0.160 e. The van der Waals surface area contributed by atoms with Gasteiger partial charge in [0.1, 0.15) is 11.5 Å². The summed E-state index contributed by atoms with van der Waals surface area (Å²) >= 11 is 0. The Morgan fingerprint density at radius 1 is 1.19 bits per heavy atom. The molecule has 0 saturated carbocycles. The molecule has 0 bridgehead atoms. The van der Waals surface area contributed by atoms with Gasteiger partial charge in [-0.05, 0) is 35.4 Å². The molecular weight excluding hydrogens is 352 g/mol. The maximum atomic E-state index is 10.9. The predicted octanol–water partition coefficient (Wildman–Crippen LogP) is 2.60. The van der Waals surface area contributed by atoms with Crippen molar-refractivity contribution in [1.29, 1.82) is 0 Å². The van der Waals surface area contributed by atoms with E-state index >= 15 is 0 Å². The van der Waals surface area contributed by atoms with Crippen molar-refractivity contribution < 1.29 is 29.3 Å². The van der Waals surface area contributed by atoms with E-state index in [2.05, 4.69) is 16.8 Å². The highest BCUT2D eigenvalue weighted by Crippen LogP contribution is 2.21. The largest absolute Gasteiger partial charge is 0.506 e. The zero-order valence-corrected chi connectivity index (χ0v) is 15.0. The van der Waals surface area contributed by atoms with Crippen LogP contribution in [0, 0.1) is 0 Å². The number of aliphatic hydroxyl groups excluding tert-OH is 1. The number of rotatable bonds is 10. The van der Waals surface area contributed by atoms with Crippen LogP contribution in [0.25, 0.3) is 0 Å². The molecule has 1 rings (SSSR count). The highest BCUT2D eigenvalue weighted by molar-refractivity contribution is 5.93. The van der Waals surface area contributed by atoms with Crippen molar-refractivity contribution in [3.05, 3.63) is 64.6 Å². The van der Waals surface area contributed by atoms with Gasteiger partial charge in [-0.15, -0.1) is 0 Å². The molecular formula is C19H20N2O6. The van der Waals surface area contributed by atoms with Gasteiger partial charge in [-0.1, -0.05) is 6.58 Å². The number of ether oxygens (including phenoxy) is 2. The molecule has 8 heteroatoms. The number of aldehydes is 2. The Balaban J connectivity index is 3.07. The van der Waals surface area contributed by atoms with Gasteiger partial charge in [-0.3, -0.25) is 9.59 Å². The van der Waals surface area contributed by atoms with Crippen LogP contribution in [-0.2, 0) is 9.47 Å².